The van der Waals surface area contributed by atoms with Crippen LogP contribution in [0.4, 0.5) is 0 Å². The van der Waals surface area contributed by atoms with Crippen LogP contribution in [0.5, 0.6) is 0 Å². The third kappa shape index (κ3) is 5.80. The summed E-state index contributed by atoms with van der Waals surface area (Å²) in [5, 5.41) is 17.8. The third-order valence-corrected chi connectivity index (χ3v) is 5.59. The van der Waals surface area contributed by atoms with Crippen molar-refractivity contribution in [2.45, 2.75) is 51.0 Å². The number of hydrogen-bond donors (Lipinski definition) is 3. The van der Waals surface area contributed by atoms with E-state index in [0.29, 0.717) is 24.6 Å². The van der Waals surface area contributed by atoms with Gasteiger partial charge >= 0.3 is 0 Å². The predicted octanol–water partition coefficient (Wildman–Crippen LogP) is 3.41. The van der Waals surface area contributed by atoms with Gasteiger partial charge in [0.05, 0.1) is 6.10 Å². The van der Waals surface area contributed by atoms with Crippen molar-refractivity contribution >= 4 is 22.6 Å². The van der Waals surface area contributed by atoms with Crippen LogP contribution in [0.25, 0.3) is 10.8 Å². The van der Waals surface area contributed by atoms with Crippen LogP contribution in [-0.2, 0) is 4.79 Å². The summed E-state index contributed by atoms with van der Waals surface area (Å²) in [5.74, 6) is 0.166. The molecular weight excluding hydrogens is 352 g/mol. The number of fused-ring (bicyclic) bond motifs is 1. The quantitative estimate of drug-likeness (QED) is 0.612. The second-order valence-electron chi connectivity index (χ2n) is 7.67. The molecule has 2 atom stereocenters. The number of benzene rings is 2. The Kier molecular flexibility index (Phi) is 7.43. The smallest absolute Gasteiger partial charge is 0.251 e. The molecule has 2 aromatic carbocycles. The van der Waals surface area contributed by atoms with Gasteiger partial charge in [0.1, 0.15) is 0 Å². The van der Waals surface area contributed by atoms with Crippen LogP contribution in [0.3, 0.4) is 0 Å². The fourth-order valence-corrected chi connectivity index (χ4v) is 3.93. The molecule has 0 radical (unpaired) electrons. The number of hydrogen-bond acceptors (Lipinski definition) is 3. The number of carbonyl (C=O) groups excluding carboxylic acids is 2. The molecule has 2 aromatic rings. The van der Waals surface area contributed by atoms with Gasteiger partial charge in [-0.15, -0.1) is 0 Å². The largest absolute Gasteiger partial charge is 0.393 e. The van der Waals surface area contributed by atoms with Gasteiger partial charge in [0.2, 0.25) is 5.91 Å². The van der Waals surface area contributed by atoms with Gasteiger partial charge in [0.25, 0.3) is 5.91 Å². The molecule has 2 amide bonds. The zero-order valence-electron chi connectivity index (χ0n) is 16.3. The first-order valence-electron chi connectivity index (χ1n) is 10.4. The van der Waals surface area contributed by atoms with E-state index in [4.69, 9.17) is 0 Å². The molecular formula is C23H30N2O3. The Bertz CT molecular complexity index is 805. The summed E-state index contributed by atoms with van der Waals surface area (Å²) in [4.78, 5) is 24.2. The second-order valence-corrected chi connectivity index (χ2v) is 7.67. The Morgan fingerprint density at radius 3 is 2.57 bits per heavy atom. The lowest BCUT2D eigenvalue weighted by molar-refractivity contribution is -0.120. The van der Waals surface area contributed by atoms with Crippen molar-refractivity contribution < 1.29 is 14.7 Å². The summed E-state index contributed by atoms with van der Waals surface area (Å²) >= 11 is 0. The molecule has 3 rings (SSSR count). The predicted molar refractivity (Wildman–Crippen MR) is 111 cm³/mol. The highest BCUT2D eigenvalue weighted by molar-refractivity contribution is 5.98. The normalized spacial score (nSPS) is 19.3. The van der Waals surface area contributed by atoms with Crippen molar-refractivity contribution in [3.05, 3.63) is 48.0 Å². The maximum absolute atomic E-state index is 12.3. The molecule has 0 aromatic heterocycles. The van der Waals surface area contributed by atoms with E-state index in [2.05, 4.69) is 10.6 Å². The standard InChI is InChI=1S/C23H30N2O3/c26-21-10-4-3-7-18(21)9-5-14-24-22(27)13-15-25-23(28)20-12-11-17-6-1-2-8-19(17)16-20/h1-2,6,8,11-12,16,18,21,26H,3-5,7,9-10,13-15H2,(H,24,27)(H,25,28). The van der Waals surface area contributed by atoms with Gasteiger partial charge in [0.15, 0.2) is 0 Å². The number of nitrogens with one attached hydrogen (secondary N) is 2. The van der Waals surface area contributed by atoms with Crippen LogP contribution in [-0.4, -0.2) is 36.1 Å². The van der Waals surface area contributed by atoms with Gasteiger partial charge in [-0.05, 0) is 54.5 Å². The van der Waals surface area contributed by atoms with Gasteiger partial charge in [-0.1, -0.05) is 43.2 Å². The Labute approximate surface area is 166 Å². The summed E-state index contributed by atoms with van der Waals surface area (Å²) in [5.41, 5.74) is 0.602. The maximum Gasteiger partial charge on any atom is 0.251 e. The molecule has 5 heteroatoms. The molecule has 0 aliphatic heterocycles. The molecule has 0 saturated heterocycles. The minimum absolute atomic E-state index is 0.0528. The van der Waals surface area contributed by atoms with Crippen LogP contribution >= 0.6 is 0 Å². The lowest BCUT2D eigenvalue weighted by atomic mass is 9.83. The first-order chi connectivity index (χ1) is 13.6. The zero-order chi connectivity index (χ0) is 19.8. The molecule has 28 heavy (non-hydrogen) atoms. The highest BCUT2D eigenvalue weighted by Gasteiger charge is 2.22. The van der Waals surface area contributed by atoms with Crippen LogP contribution < -0.4 is 10.6 Å². The van der Waals surface area contributed by atoms with E-state index in [1.807, 2.05) is 36.4 Å². The average Bonchev–Trinajstić information content (AvgIpc) is 2.72. The third-order valence-electron chi connectivity index (χ3n) is 5.59. The molecule has 1 aliphatic carbocycles. The van der Waals surface area contributed by atoms with E-state index >= 15 is 0 Å². The molecule has 0 spiro atoms. The summed E-state index contributed by atoms with van der Waals surface area (Å²) in [6.07, 6.45) is 6.27. The van der Waals surface area contributed by atoms with Crippen molar-refractivity contribution in [3.63, 3.8) is 0 Å². The number of aliphatic hydroxyl groups excluding tert-OH is 1. The minimum Gasteiger partial charge on any atom is -0.393 e. The first-order valence-corrected chi connectivity index (χ1v) is 10.4. The van der Waals surface area contributed by atoms with Gasteiger partial charge in [-0.25, -0.2) is 0 Å². The molecule has 1 fully saturated rings. The Balaban J connectivity index is 1.32. The monoisotopic (exact) mass is 382 g/mol. The fourth-order valence-electron chi connectivity index (χ4n) is 3.93. The summed E-state index contributed by atoms with van der Waals surface area (Å²) in [6.45, 7) is 0.944. The molecule has 150 valence electrons. The molecule has 1 saturated carbocycles. The van der Waals surface area contributed by atoms with Crippen LogP contribution in [0.1, 0.15) is 55.3 Å². The topological polar surface area (TPSA) is 78.4 Å². The maximum atomic E-state index is 12.3. The van der Waals surface area contributed by atoms with E-state index in [1.165, 1.54) is 6.42 Å². The van der Waals surface area contributed by atoms with Crippen LogP contribution in [0.2, 0.25) is 0 Å². The van der Waals surface area contributed by atoms with Gasteiger partial charge < -0.3 is 15.7 Å². The number of carbonyl (C=O) groups is 2. The molecule has 0 bridgehead atoms. The lowest BCUT2D eigenvalue weighted by Crippen LogP contribution is -2.31. The van der Waals surface area contributed by atoms with E-state index in [1.54, 1.807) is 6.07 Å². The minimum atomic E-state index is -0.172. The number of rotatable bonds is 8. The van der Waals surface area contributed by atoms with Crippen molar-refractivity contribution in [2.75, 3.05) is 13.1 Å². The fraction of sp³-hybridized carbons (Fsp3) is 0.478. The van der Waals surface area contributed by atoms with E-state index in [-0.39, 0.29) is 24.3 Å². The van der Waals surface area contributed by atoms with Crippen LogP contribution in [0.15, 0.2) is 42.5 Å². The van der Waals surface area contributed by atoms with E-state index < -0.39 is 0 Å². The Morgan fingerprint density at radius 2 is 1.75 bits per heavy atom. The molecule has 0 heterocycles. The van der Waals surface area contributed by atoms with Crippen molar-refractivity contribution in [1.29, 1.82) is 0 Å². The van der Waals surface area contributed by atoms with Gasteiger partial charge in [-0.2, -0.15) is 0 Å². The second kappa shape index (κ2) is 10.2. The molecule has 5 nitrogen and oxygen atoms in total. The molecule has 2 unspecified atom stereocenters. The Morgan fingerprint density at radius 1 is 0.964 bits per heavy atom. The SMILES string of the molecule is O=C(CCNC(=O)c1ccc2ccccc2c1)NCCCC1CCCCC1O. The van der Waals surface area contributed by atoms with Crippen LogP contribution in [0, 0.1) is 5.92 Å². The molecule has 3 N–H and O–H groups in total. The Hall–Kier alpha value is -2.40. The zero-order valence-corrected chi connectivity index (χ0v) is 16.3. The summed E-state index contributed by atoms with van der Waals surface area (Å²) in [6, 6.07) is 13.5. The molecule has 1 aliphatic rings. The number of amides is 2. The van der Waals surface area contributed by atoms with E-state index in [9.17, 15) is 14.7 Å². The first kappa shape index (κ1) is 20.3. The highest BCUT2D eigenvalue weighted by atomic mass is 16.3. The lowest BCUT2D eigenvalue weighted by Gasteiger charge is -2.27. The van der Waals surface area contributed by atoms with Crippen molar-refractivity contribution in [1.82, 2.24) is 10.6 Å². The number of aliphatic hydroxyl groups is 1. The van der Waals surface area contributed by atoms with Crippen molar-refractivity contribution in [2.24, 2.45) is 5.92 Å². The average molecular weight is 383 g/mol. The summed E-state index contributed by atoms with van der Waals surface area (Å²) in [7, 11) is 0. The van der Waals surface area contributed by atoms with Gasteiger partial charge in [0, 0.05) is 25.1 Å². The van der Waals surface area contributed by atoms with Crippen molar-refractivity contribution in [3.8, 4) is 0 Å². The highest BCUT2D eigenvalue weighted by Crippen LogP contribution is 2.27. The summed E-state index contributed by atoms with van der Waals surface area (Å²) < 4.78 is 0. The van der Waals surface area contributed by atoms with E-state index in [0.717, 1.165) is 42.9 Å². The van der Waals surface area contributed by atoms with Gasteiger partial charge in [-0.3, -0.25) is 9.59 Å².